The fourth-order valence-corrected chi connectivity index (χ4v) is 2.91. The summed E-state index contributed by atoms with van der Waals surface area (Å²) in [7, 11) is 1.52. The Hall–Kier alpha value is -3.00. The molecule has 26 heavy (non-hydrogen) atoms. The lowest BCUT2D eigenvalue weighted by Crippen LogP contribution is -2.43. The van der Waals surface area contributed by atoms with E-state index in [9.17, 15) is 9.59 Å². The molecule has 0 spiro atoms. The van der Waals surface area contributed by atoms with Crippen molar-refractivity contribution in [3.8, 4) is 0 Å². The van der Waals surface area contributed by atoms with Gasteiger partial charge < -0.3 is 15.8 Å². The Labute approximate surface area is 150 Å². The largest absolute Gasteiger partial charge is 0.382 e. The number of nitrogens with zero attached hydrogens (tertiary/aromatic N) is 3. The fourth-order valence-electron chi connectivity index (χ4n) is 2.91. The van der Waals surface area contributed by atoms with Gasteiger partial charge >= 0.3 is 0 Å². The van der Waals surface area contributed by atoms with Gasteiger partial charge in [-0.15, -0.1) is 0 Å². The van der Waals surface area contributed by atoms with E-state index in [-0.39, 0.29) is 22.8 Å². The third kappa shape index (κ3) is 3.11. The molecule has 3 rings (SSSR count). The van der Waals surface area contributed by atoms with Crippen LogP contribution < -0.4 is 21.2 Å². The summed E-state index contributed by atoms with van der Waals surface area (Å²) in [5, 5.41) is 2.91. The minimum atomic E-state index is -0.347. The average Bonchev–Trinajstić information content (AvgIpc) is 2.66. The molecule has 0 saturated carbocycles. The number of pyridine rings is 2. The van der Waals surface area contributed by atoms with E-state index in [1.54, 1.807) is 22.9 Å². The normalized spacial score (nSPS) is 11.2. The minimum Gasteiger partial charge on any atom is -0.382 e. The number of hydrogen-bond acceptors (Lipinski definition) is 5. The van der Waals surface area contributed by atoms with Gasteiger partial charge in [0.05, 0.1) is 6.54 Å². The molecular formula is C18H22N5O3+. The van der Waals surface area contributed by atoms with Gasteiger partial charge in [-0.1, -0.05) is 11.1 Å². The zero-order valence-electron chi connectivity index (χ0n) is 14.9. The van der Waals surface area contributed by atoms with Crippen molar-refractivity contribution in [3.05, 3.63) is 46.4 Å². The van der Waals surface area contributed by atoms with E-state index in [1.807, 2.05) is 13.0 Å². The maximum absolute atomic E-state index is 12.9. The second kappa shape index (κ2) is 7.49. The molecule has 0 saturated heterocycles. The molecule has 0 atom stereocenters. The number of carbonyl (C=O) groups excluding carboxylic acids is 1. The lowest BCUT2D eigenvalue weighted by molar-refractivity contribution is -0.659. The molecule has 0 fully saturated rings. The Morgan fingerprint density at radius 3 is 2.96 bits per heavy atom. The summed E-state index contributed by atoms with van der Waals surface area (Å²) >= 11 is 0. The molecule has 0 aliphatic carbocycles. The molecule has 0 unspecified atom stereocenters. The number of amides is 1. The maximum Gasteiger partial charge on any atom is 0.278 e. The van der Waals surface area contributed by atoms with Gasteiger partial charge in [0.15, 0.2) is 0 Å². The third-order valence-corrected chi connectivity index (χ3v) is 4.21. The van der Waals surface area contributed by atoms with Crippen molar-refractivity contribution in [3.63, 3.8) is 0 Å². The molecule has 0 aliphatic rings. The first-order valence-corrected chi connectivity index (χ1v) is 8.51. The van der Waals surface area contributed by atoms with Crippen molar-refractivity contribution in [2.45, 2.75) is 19.9 Å². The van der Waals surface area contributed by atoms with E-state index in [1.165, 1.54) is 17.5 Å². The summed E-state index contributed by atoms with van der Waals surface area (Å²) in [4.78, 5) is 29.7. The third-order valence-electron chi connectivity index (χ3n) is 4.21. The Kier molecular flexibility index (Phi) is 5.13. The summed E-state index contributed by atoms with van der Waals surface area (Å²) in [5.41, 5.74) is 7.25. The van der Waals surface area contributed by atoms with Crippen LogP contribution in [0.25, 0.3) is 16.7 Å². The molecule has 8 nitrogen and oxygen atoms in total. The van der Waals surface area contributed by atoms with Gasteiger partial charge in [-0.05, 0) is 25.1 Å². The van der Waals surface area contributed by atoms with Crippen LogP contribution in [0.3, 0.4) is 0 Å². The van der Waals surface area contributed by atoms with Crippen LogP contribution in [0, 0.1) is 0 Å². The minimum absolute atomic E-state index is 0.241. The number of hydrogen-bond donors (Lipinski definition) is 2. The molecular weight excluding hydrogens is 334 g/mol. The van der Waals surface area contributed by atoms with Crippen LogP contribution in [-0.2, 0) is 11.3 Å². The fraction of sp³-hybridized carbons (Fsp3) is 0.333. The lowest BCUT2D eigenvalue weighted by Gasteiger charge is -2.11. The number of aryl methyl sites for hydroxylation is 1. The zero-order valence-corrected chi connectivity index (χ0v) is 14.9. The second-order valence-electron chi connectivity index (χ2n) is 5.81. The van der Waals surface area contributed by atoms with E-state index >= 15 is 0 Å². The van der Waals surface area contributed by atoms with Crippen molar-refractivity contribution in [1.82, 2.24) is 14.7 Å². The van der Waals surface area contributed by atoms with Crippen molar-refractivity contribution in [2.24, 2.45) is 0 Å². The molecule has 0 aliphatic heterocycles. The van der Waals surface area contributed by atoms with Gasteiger partial charge in [0.1, 0.15) is 10.9 Å². The van der Waals surface area contributed by atoms with Gasteiger partial charge in [0.2, 0.25) is 11.5 Å². The van der Waals surface area contributed by atoms with Gasteiger partial charge in [0, 0.05) is 32.9 Å². The molecule has 0 aromatic carbocycles. The molecule has 1 amide bonds. The number of nitrogens with two attached hydrogens (primary N) is 1. The van der Waals surface area contributed by atoms with Crippen LogP contribution in [0.4, 0.5) is 5.82 Å². The van der Waals surface area contributed by atoms with Crippen LogP contribution in [0.2, 0.25) is 0 Å². The molecule has 3 heterocycles. The Bertz CT molecular complexity index is 1030. The summed E-state index contributed by atoms with van der Waals surface area (Å²) in [6.45, 7) is 3.60. The van der Waals surface area contributed by atoms with Crippen LogP contribution in [0.1, 0.15) is 23.7 Å². The van der Waals surface area contributed by atoms with Crippen molar-refractivity contribution in [1.29, 1.82) is 0 Å². The Balaban J connectivity index is 2.27. The van der Waals surface area contributed by atoms with E-state index in [0.29, 0.717) is 42.9 Å². The van der Waals surface area contributed by atoms with Crippen molar-refractivity contribution in [2.75, 3.05) is 26.0 Å². The first-order chi connectivity index (χ1) is 12.6. The Morgan fingerprint density at radius 1 is 1.42 bits per heavy atom. The van der Waals surface area contributed by atoms with Crippen LogP contribution in [-0.4, -0.2) is 35.6 Å². The molecule has 3 aromatic heterocycles. The first-order valence-electron chi connectivity index (χ1n) is 8.51. The van der Waals surface area contributed by atoms with Crippen molar-refractivity contribution < 1.29 is 14.1 Å². The van der Waals surface area contributed by atoms with Crippen LogP contribution in [0.15, 0.2) is 35.3 Å². The molecule has 8 heteroatoms. The number of aromatic nitrogens is 3. The van der Waals surface area contributed by atoms with E-state index in [2.05, 4.69) is 10.3 Å². The quantitative estimate of drug-likeness (QED) is 0.380. The second-order valence-corrected chi connectivity index (χ2v) is 5.81. The average molecular weight is 356 g/mol. The number of nitrogens with one attached hydrogen (secondary N) is 1. The Morgan fingerprint density at radius 2 is 2.23 bits per heavy atom. The van der Waals surface area contributed by atoms with E-state index in [0.717, 1.165) is 0 Å². The van der Waals surface area contributed by atoms with Crippen molar-refractivity contribution >= 4 is 28.4 Å². The number of rotatable bonds is 6. The maximum atomic E-state index is 12.9. The highest BCUT2D eigenvalue weighted by molar-refractivity contribution is 6.00. The number of fused-ring (bicyclic) bond motifs is 2. The van der Waals surface area contributed by atoms with Gasteiger partial charge in [-0.3, -0.25) is 14.0 Å². The molecule has 0 radical (unpaired) electrons. The van der Waals surface area contributed by atoms with Gasteiger partial charge in [-0.25, -0.2) is 4.57 Å². The predicted octanol–water partition coefficient (Wildman–Crippen LogP) is 0.504. The van der Waals surface area contributed by atoms with Crippen LogP contribution in [0.5, 0.6) is 0 Å². The summed E-state index contributed by atoms with van der Waals surface area (Å²) < 4.78 is 8.55. The van der Waals surface area contributed by atoms with Gasteiger partial charge in [-0.2, -0.15) is 0 Å². The molecule has 0 bridgehead atoms. The predicted molar refractivity (Wildman–Crippen MR) is 98.1 cm³/mol. The molecule has 3 N–H and O–H groups in total. The summed E-state index contributed by atoms with van der Waals surface area (Å²) in [6, 6.07) is 6.84. The monoisotopic (exact) mass is 356 g/mol. The topological polar surface area (TPSA) is 103 Å². The standard InChI is InChI=1S/C18H21N5O3/c1-3-26-10-6-9-23-15(19)12(17(24)20-2)11-13-16(23)21-14-7-4-5-8-22(14)18(13)25/h4-5,7-8,11,19H,3,6,9-10H2,1-2H3,(H,20,24)/p+1. The first kappa shape index (κ1) is 17.8. The highest BCUT2D eigenvalue weighted by Gasteiger charge is 2.23. The van der Waals surface area contributed by atoms with Crippen LogP contribution >= 0.6 is 0 Å². The summed E-state index contributed by atoms with van der Waals surface area (Å²) in [5.74, 6) is -0.0685. The number of nitrogen functional groups attached to an aromatic ring is 1. The van der Waals surface area contributed by atoms with Gasteiger partial charge in [0.25, 0.3) is 17.1 Å². The highest BCUT2D eigenvalue weighted by Crippen LogP contribution is 2.14. The van der Waals surface area contributed by atoms with E-state index < -0.39 is 0 Å². The smallest absolute Gasteiger partial charge is 0.278 e. The number of anilines is 1. The zero-order chi connectivity index (χ0) is 18.7. The van der Waals surface area contributed by atoms with E-state index in [4.69, 9.17) is 10.5 Å². The number of ether oxygens (including phenoxy) is 1. The number of carbonyl (C=O) groups is 1. The molecule has 3 aromatic rings. The highest BCUT2D eigenvalue weighted by atomic mass is 16.5. The SMILES string of the molecule is CCOCCC[n+]1c(N)c(C(=O)NC)cc2c(=O)n3ccccc3nc21. The summed E-state index contributed by atoms with van der Waals surface area (Å²) in [6.07, 6.45) is 2.34. The molecule has 136 valence electrons. The lowest BCUT2D eigenvalue weighted by atomic mass is 10.1.